The first-order valence-corrected chi connectivity index (χ1v) is 8.70. The number of hydrogen-bond donors (Lipinski definition) is 2. The van der Waals surface area contributed by atoms with E-state index in [0.717, 1.165) is 5.69 Å². The standard InChI is InChI=1S/C16H20ClFN8/c1-25-10-12(6-22-25)23-16-21-8-14(17)15(24-16)20-7-13-5-11(18)9-26(13)4-2-3-19/h6,8,10-11,13H,2,4-5,7,9H2,1H3,(H2,20,21,23,24)/t11-,13-/m0/s1. The van der Waals surface area contributed by atoms with Crippen LogP contribution in [-0.4, -0.2) is 56.5 Å². The predicted octanol–water partition coefficient (Wildman–Crippen LogP) is 2.35. The van der Waals surface area contributed by atoms with E-state index < -0.39 is 6.17 Å². The van der Waals surface area contributed by atoms with Gasteiger partial charge in [-0.3, -0.25) is 9.58 Å². The van der Waals surface area contributed by atoms with E-state index in [1.54, 1.807) is 17.1 Å². The van der Waals surface area contributed by atoms with E-state index >= 15 is 0 Å². The van der Waals surface area contributed by atoms with Crippen molar-refractivity contribution < 1.29 is 4.39 Å². The van der Waals surface area contributed by atoms with Crippen molar-refractivity contribution in [3.63, 3.8) is 0 Å². The van der Waals surface area contributed by atoms with Crippen molar-refractivity contribution in [2.24, 2.45) is 7.05 Å². The number of alkyl halides is 1. The van der Waals surface area contributed by atoms with Gasteiger partial charge in [-0.15, -0.1) is 0 Å². The average molecular weight is 379 g/mol. The Morgan fingerprint density at radius 3 is 3.04 bits per heavy atom. The Labute approximate surface area is 156 Å². The van der Waals surface area contributed by atoms with E-state index in [1.807, 2.05) is 11.9 Å². The molecule has 0 aliphatic carbocycles. The monoisotopic (exact) mass is 378 g/mol. The molecule has 0 aromatic carbocycles. The highest BCUT2D eigenvalue weighted by atomic mass is 35.5. The van der Waals surface area contributed by atoms with Crippen LogP contribution in [0.1, 0.15) is 12.8 Å². The molecule has 0 unspecified atom stereocenters. The summed E-state index contributed by atoms with van der Waals surface area (Å²) in [6.45, 7) is 1.42. The van der Waals surface area contributed by atoms with E-state index in [4.69, 9.17) is 16.9 Å². The number of nitriles is 1. The molecule has 0 saturated carbocycles. The molecule has 1 fully saturated rings. The van der Waals surface area contributed by atoms with Gasteiger partial charge in [-0.25, -0.2) is 9.37 Å². The highest BCUT2D eigenvalue weighted by Gasteiger charge is 2.31. The quantitative estimate of drug-likeness (QED) is 0.763. The number of rotatable bonds is 7. The molecule has 1 saturated heterocycles. The number of halogens is 2. The summed E-state index contributed by atoms with van der Waals surface area (Å²) >= 11 is 6.17. The summed E-state index contributed by atoms with van der Waals surface area (Å²) < 4.78 is 15.4. The second-order valence-corrected chi connectivity index (χ2v) is 6.60. The van der Waals surface area contributed by atoms with Crippen LogP contribution in [0.25, 0.3) is 0 Å². The third kappa shape index (κ3) is 4.59. The van der Waals surface area contributed by atoms with Crippen LogP contribution in [-0.2, 0) is 7.05 Å². The van der Waals surface area contributed by atoms with Crippen molar-refractivity contribution >= 4 is 29.1 Å². The maximum atomic E-state index is 13.7. The van der Waals surface area contributed by atoms with Crippen LogP contribution in [0.5, 0.6) is 0 Å². The van der Waals surface area contributed by atoms with Gasteiger partial charge in [-0.2, -0.15) is 15.3 Å². The van der Waals surface area contributed by atoms with E-state index in [-0.39, 0.29) is 6.04 Å². The van der Waals surface area contributed by atoms with Gasteiger partial charge in [0.05, 0.1) is 24.2 Å². The van der Waals surface area contributed by atoms with Crippen molar-refractivity contribution in [1.82, 2.24) is 24.6 Å². The number of nitrogens with one attached hydrogen (secondary N) is 2. The molecule has 3 heterocycles. The molecule has 0 amide bonds. The summed E-state index contributed by atoms with van der Waals surface area (Å²) in [5.74, 6) is 0.872. The Bertz CT molecular complexity index is 789. The van der Waals surface area contributed by atoms with Gasteiger partial charge in [-0.1, -0.05) is 11.6 Å². The molecule has 2 atom stereocenters. The summed E-state index contributed by atoms with van der Waals surface area (Å²) in [5, 5.41) is 19.4. The van der Waals surface area contributed by atoms with Crippen LogP contribution in [0.2, 0.25) is 5.02 Å². The minimum atomic E-state index is -0.871. The highest BCUT2D eigenvalue weighted by Crippen LogP contribution is 2.24. The molecule has 8 nitrogen and oxygen atoms in total. The summed E-state index contributed by atoms with van der Waals surface area (Å²) in [5.41, 5.74) is 0.763. The van der Waals surface area contributed by atoms with Gasteiger partial charge in [0.1, 0.15) is 11.2 Å². The lowest BCUT2D eigenvalue weighted by atomic mass is 10.2. The van der Waals surface area contributed by atoms with Gasteiger partial charge in [0, 0.05) is 45.3 Å². The second kappa shape index (κ2) is 8.29. The fourth-order valence-corrected chi connectivity index (χ4v) is 3.14. The molecule has 0 spiro atoms. The van der Waals surface area contributed by atoms with E-state index in [2.05, 4.69) is 31.8 Å². The summed E-state index contributed by atoms with van der Waals surface area (Å²) in [4.78, 5) is 10.5. The molecule has 0 radical (unpaired) electrons. The second-order valence-electron chi connectivity index (χ2n) is 6.19. The van der Waals surface area contributed by atoms with Gasteiger partial charge < -0.3 is 10.6 Å². The average Bonchev–Trinajstić information content (AvgIpc) is 3.18. The van der Waals surface area contributed by atoms with Gasteiger partial charge in [0.25, 0.3) is 0 Å². The van der Waals surface area contributed by atoms with Crippen LogP contribution in [0.15, 0.2) is 18.6 Å². The maximum Gasteiger partial charge on any atom is 0.229 e. The zero-order chi connectivity index (χ0) is 18.5. The zero-order valence-electron chi connectivity index (χ0n) is 14.4. The Morgan fingerprint density at radius 2 is 2.31 bits per heavy atom. The van der Waals surface area contributed by atoms with Crippen LogP contribution in [0.3, 0.4) is 0 Å². The normalized spacial score (nSPS) is 20.1. The summed E-state index contributed by atoms with van der Waals surface area (Å²) in [7, 11) is 1.82. The van der Waals surface area contributed by atoms with Crippen molar-refractivity contribution in [2.45, 2.75) is 25.1 Å². The Hall–Kier alpha value is -2.44. The van der Waals surface area contributed by atoms with Crippen LogP contribution in [0.4, 0.5) is 21.8 Å². The Morgan fingerprint density at radius 1 is 1.46 bits per heavy atom. The predicted molar refractivity (Wildman–Crippen MR) is 97.1 cm³/mol. The molecule has 0 bridgehead atoms. The molecule has 2 aromatic heterocycles. The van der Waals surface area contributed by atoms with E-state index in [0.29, 0.717) is 49.3 Å². The minimum Gasteiger partial charge on any atom is -0.367 e. The molecular formula is C16H20ClFN8. The van der Waals surface area contributed by atoms with Gasteiger partial charge in [0.15, 0.2) is 5.82 Å². The van der Waals surface area contributed by atoms with Crippen LogP contribution >= 0.6 is 11.6 Å². The van der Waals surface area contributed by atoms with Crippen LogP contribution < -0.4 is 10.6 Å². The number of anilines is 3. The largest absolute Gasteiger partial charge is 0.367 e. The molecule has 26 heavy (non-hydrogen) atoms. The van der Waals surface area contributed by atoms with E-state index in [1.165, 1.54) is 6.20 Å². The first-order valence-electron chi connectivity index (χ1n) is 8.32. The highest BCUT2D eigenvalue weighted by molar-refractivity contribution is 6.32. The number of aryl methyl sites for hydroxylation is 1. The van der Waals surface area contributed by atoms with Gasteiger partial charge in [-0.05, 0) is 6.42 Å². The summed E-state index contributed by atoms with van der Waals surface area (Å²) in [6.07, 6.45) is 4.92. The van der Waals surface area contributed by atoms with E-state index in [9.17, 15) is 4.39 Å². The fraction of sp³-hybridized carbons (Fsp3) is 0.500. The Kier molecular flexibility index (Phi) is 5.85. The SMILES string of the molecule is Cn1cc(Nc2ncc(Cl)c(NC[C@@H]3C[C@H](F)CN3CCC#N)n2)cn1. The first kappa shape index (κ1) is 18.4. The number of nitrogens with zero attached hydrogens (tertiary/aromatic N) is 6. The van der Waals surface area contributed by atoms with Crippen molar-refractivity contribution in [3.8, 4) is 6.07 Å². The molecule has 3 rings (SSSR count). The molecule has 2 N–H and O–H groups in total. The van der Waals surface area contributed by atoms with Crippen LogP contribution in [0, 0.1) is 11.3 Å². The molecule has 1 aliphatic rings. The third-order valence-electron chi connectivity index (χ3n) is 4.20. The molecule has 1 aliphatic heterocycles. The Balaban J connectivity index is 1.63. The molecule has 2 aromatic rings. The van der Waals surface area contributed by atoms with Crippen molar-refractivity contribution in [2.75, 3.05) is 30.3 Å². The lowest BCUT2D eigenvalue weighted by molar-refractivity contribution is 0.255. The zero-order valence-corrected chi connectivity index (χ0v) is 15.1. The maximum absolute atomic E-state index is 13.7. The lowest BCUT2D eigenvalue weighted by Crippen LogP contribution is -2.35. The smallest absolute Gasteiger partial charge is 0.229 e. The fourth-order valence-electron chi connectivity index (χ4n) is 2.98. The van der Waals surface area contributed by atoms with Gasteiger partial charge >= 0.3 is 0 Å². The van der Waals surface area contributed by atoms with Crippen molar-refractivity contribution in [1.29, 1.82) is 5.26 Å². The van der Waals surface area contributed by atoms with Crippen molar-refractivity contribution in [3.05, 3.63) is 23.6 Å². The number of hydrogen-bond acceptors (Lipinski definition) is 7. The minimum absolute atomic E-state index is 0.000820. The first-order chi connectivity index (χ1) is 12.5. The molecule has 138 valence electrons. The number of likely N-dealkylation sites (tertiary alicyclic amines) is 1. The summed E-state index contributed by atoms with van der Waals surface area (Å²) in [6, 6.07) is 2.10. The lowest BCUT2D eigenvalue weighted by Gasteiger charge is -2.23. The van der Waals surface area contributed by atoms with Gasteiger partial charge in [0.2, 0.25) is 5.95 Å². The third-order valence-corrected chi connectivity index (χ3v) is 4.47. The molecular weight excluding hydrogens is 359 g/mol. The molecule has 10 heteroatoms. The topological polar surface area (TPSA) is 94.7 Å². The number of aromatic nitrogens is 4.